The summed E-state index contributed by atoms with van der Waals surface area (Å²) in [7, 11) is 0. The van der Waals surface area contributed by atoms with Crippen LogP contribution in [0.15, 0.2) is 30.3 Å². The molecule has 1 unspecified atom stereocenters. The van der Waals surface area contributed by atoms with E-state index in [1.165, 1.54) is 6.42 Å². The summed E-state index contributed by atoms with van der Waals surface area (Å²) in [6.07, 6.45) is 3.37. The zero-order valence-electron chi connectivity index (χ0n) is 12.5. The zero-order chi connectivity index (χ0) is 14.6. The van der Waals surface area contributed by atoms with Gasteiger partial charge in [-0.2, -0.15) is 0 Å². The van der Waals surface area contributed by atoms with E-state index in [2.05, 4.69) is 4.90 Å². The Balaban J connectivity index is 2.08. The summed E-state index contributed by atoms with van der Waals surface area (Å²) in [6.45, 7) is 5.90. The highest BCUT2D eigenvalue weighted by atomic mass is 16.3. The average Bonchev–Trinajstić information content (AvgIpc) is 2.47. The second kappa shape index (κ2) is 6.51. The first-order valence-electron chi connectivity index (χ1n) is 7.49. The number of aliphatic hydroxyl groups is 1. The van der Waals surface area contributed by atoms with Gasteiger partial charge >= 0.3 is 0 Å². The molecule has 1 fully saturated rings. The average molecular weight is 275 g/mol. The molecule has 3 heteroatoms. The second-order valence-electron chi connectivity index (χ2n) is 6.38. The number of hydrogen-bond donors (Lipinski definition) is 1. The maximum atomic E-state index is 12.6. The van der Waals surface area contributed by atoms with Crippen LogP contribution in [-0.4, -0.2) is 41.5 Å². The molecule has 0 amide bonds. The lowest BCUT2D eigenvalue weighted by Crippen LogP contribution is -2.48. The van der Waals surface area contributed by atoms with Crippen molar-refractivity contribution >= 4 is 5.78 Å². The number of benzene rings is 1. The summed E-state index contributed by atoms with van der Waals surface area (Å²) in [6, 6.07) is 9.71. The van der Waals surface area contributed by atoms with E-state index in [1.807, 2.05) is 44.2 Å². The van der Waals surface area contributed by atoms with Crippen molar-refractivity contribution in [2.45, 2.75) is 39.2 Å². The molecular weight excluding hydrogens is 250 g/mol. The summed E-state index contributed by atoms with van der Waals surface area (Å²) < 4.78 is 0. The summed E-state index contributed by atoms with van der Waals surface area (Å²) in [5.41, 5.74) is 0.349. The number of carbonyl (C=O) groups excluding carboxylic acids is 1. The Bertz CT molecular complexity index is 442. The number of rotatable bonds is 5. The van der Waals surface area contributed by atoms with Gasteiger partial charge in [0.1, 0.15) is 0 Å². The van der Waals surface area contributed by atoms with E-state index >= 15 is 0 Å². The molecule has 20 heavy (non-hydrogen) atoms. The van der Waals surface area contributed by atoms with Gasteiger partial charge in [0.15, 0.2) is 5.78 Å². The smallest absolute Gasteiger partial charge is 0.169 e. The fourth-order valence-corrected chi connectivity index (χ4v) is 3.03. The van der Waals surface area contributed by atoms with Crippen molar-refractivity contribution in [1.82, 2.24) is 4.90 Å². The van der Waals surface area contributed by atoms with Gasteiger partial charge in [-0.3, -0.25) is 9.69 Å². The molecule has 0 radical (unpaired) electrons. The van der Waals surface area contributed by atoms with Crippen LogP contribution in [0, 0.1) is 5.41 Å². The maximum absolute atomic E-state index is 12.6. The Morgan fingerprint density at radius 2 is 2.00 bits per heavy atom. The molecule has 1 heterocycles. The van der Waals surface area contributed by atoms with Crippen LogP contribution >= 0.6 is 0 Å². The molecule has 1 aliphatic heterocycles. The Kier molecular flexibility index (Phi) is 4.95. The van der Waals surface area contributed by atoms with Gasteiger partial charge in [0, 0.05) is 23.6 Å². The third-order valence-corrected chi connectivity index (χ3v) is 4.21. The Labute approximate surface area is 121 Å². The van der Waals surface area contributed by atoms with E-state index in [9.17, 15) is 9.90 Å². The van der Waals surface area contributed by atoms with E-state index in [1.54, 1.807) is 0 Å². The summed E-state index contributed by atoms with van der Waals surface area (Å²) in [4.78, 5) is 14.9. The van der Waals surface area contributed by atoms with E-state index in [4.69, 9.17) is 0 Å². The monoisotopic (exact) mass is 275 g/mol. The highest BCUT2D eigenvalue weighted by Gasteiger charge is 2.33. The quantitative estimate of drug-likeness (QED) is 0.840. The van der Waals surface area contributed by atoms with Gasteiger partial charge in [0.25, 0.3) is 0 Å². The minimum absolute atomic E-state index is 0.181. The number of likely N-dealkylation sites (tertiary alicyclic amines) is 1. The lowest BCUT2D eigenvalue weighted by atomic mass is 9.82. The zero-order valence-corrected chi connectivity index (χ0v) is 12.5. The number of Topliss-reactive ketones (excluding diaryl/α,β-unsaturated/α-hetero) is 1. The number of aliphatic hydroxyl groups excluding tert-OH is 1. The van der Waals surface area contributed by atoms with Crippen LogP contribution in [0.2, 0.25) is 0 Å². The highest BCUT2D eigenvalue weighted by Crippen LogP contribution is 2.27. The SMILES string of the molecule is CC(C)(CN1CCCCC1CO)C(=O)c1ccccc1. The van der Waals surface area contributed by atoms with Gasteiger partial charge < -0.3 is 5.11 Å². The van der Waals surface area contributed by atoms with Gasteiger partial charge in [-0.05, 0) is 19.4 Å². The van der Waals surface area contributed by atoms with Crippen molar-refractivity contribution in [3.05, 3.63) is 35.9 Å². The molecule has 0 aromatic heterocycles. The summed E-state index contributed by atoms with van der Waals surface area (Å²) >= 11 is 0. The third-order valence-electron chi connectivity index (χ3n) is 4.21. The maximum Gasteiger partial charge on any atom is 0.169 e. The number of nitrogens with zero attached hydrogens (tertiary/aromatic N) is 1. The van der Waals surface area contributed by atoms with Crippen LogP contribution in [0.3, 0.4) is 0 Å². The van der Waals surface area contributed by atoms with E-state index < -0.39 is 5.41 Å². The second-order valence-corrected chi connectivity index (χ2v) is 6.38. The molecule has 1 aromatic rings. The molecule has 0 saturated carbocycles. The van der Waals surface area contributed by atoms with Crippen LogP contribution in [0.5, 0.6) is 0 Å². The first-order chi connectivity index (χ1) is 9.54. The standard InChI is InChI=1S/C17H25NO2/c1-17(2,16(20)14-8-4-3-5-9-14)13-18-11-7-6-10-15(18)12-19/h3-5,8-9,15,19H,6-7,10-13H2,1-2H3. The predicted molar refractivity (Wildman–Crippen MR) is 80.9 cm³/mol. The van der Waals surface area contributed by atoms with Crippen LogP contribution in [0.25, 0.3) is 0 Å². The van der Waals surface area contributed by atoms with E-state index in [0.717, 1.165) is 24.9 Å². The van der Waals surface area contributed by atoms with Crippen LogP contribution in [0.4, 0.5) is 0 Å². The molecule has 0 spiro atoms. The molecule has 110 valence electrons. The Morgan fingerprint density at radius 3 is 2.65 bits per heavy atom. The van der Waals surface area contributed by atoms with Crippen molar-refractivity contribution in [2.24, 2.45) is 5.41 Å². The third kappa shape index (κ3) is 3.47. The highest BCUT2D eigenvalue weighted by molar-refractivity contribution is 6.00. The topological polar surface area (TPSA) is 40.5 Å². The minimum atomic E-state index is -0.424. The van der Waals surface area contributed by atoms with Crippen molar-refractivity contribution < 1.29 is 9.90 Å². The van der Waals surface area contributed by atoms with Gasteiger partial charge in [-0.25, -0.2) is 0 Å². The number of carbonyl (C=O) groups is 1. The van der Waals surface area contributed by atoms with Crippen molar-refractivity contribution in [3.63, 3.8) is 0 Å². The van der Waals surface area contributed by atoms with Gasteiger partial charge in [0.05, 0.1) is 6.61 Å². The molecule has 0 aliphatic carbocycles. The normalized spacial score (nSPS) is 20.9. The van der Waals surface area contributed by atoms with Crippen LogP contribution in [-0.2, 0) is 0 Å². The predicted octanol–water partition coefficient (Wildman–Crippen LogP) is 2.74. The number of ketones is 1. The van der Waals surface area contributed by atoms with Crippen LogP contribution < -0.4 is 0 Å². The number of piperidine rings is 1. The molecule has 1 N–H and O–H groups in total. The molecule has 1 saturated heterocycles. The summed E-state index contributed by atoms with van der Waals surface area (Å²) in [5.74, 6) is 0.181. The van der Waals surface area contributed by atoms with E-state index in [-0.39, 0.29) is 18.4 Å². The Hall–Kier alpha value is -1.19. The molecule has 0 bridgehead atoms. The largest absolute Gasteiger partial charge is 0.395 e. The molecule has 1 atom stereocenters. The van der Waals surface area contributed by atoms with Crippen LogP contribution in [0.1, 0.15) is 43.5 Å². The lowest BCUT2D eigenvalue weighted by molar-refractivity contribution is 0.0488. The van der Waals surface area contributed by atoms with Crippen molar-refractivity contribution in [2.75, 3.05) is 19.7 Å². The van der Waals surface area contributed by atoms with Gasteiger partial charge in [-0.1, -0.05) is 50.6 Å². The first kappa shape index (κ1) is 15.2. The first-order valence-corrected chi connectivity index (χ1v) is 7.49. The van der Waals surface area contributed by atoms with Gasteiger partial charge in [-0.15, -0.1) is 0 Å². The molecule has 1 aromatic carbocycles. The Morgan fingerprint density at radius 1 is 1.30 bits per heavy atom. The van der Waals surface area contributed by atoms with E-state index in [0.29, 0.717) is 6.54 Å². The lowest BCUT2D eigenvalue weighted by Gasteiger charge is -2.39. The van der Waals surface area contributed by atoms with Crippen molar-refractivity contribution in [3.8, 4) is 0 Å². The molecule has 3 nitrogen and oxygen atoms in total. The molecule has 1 aliphatic rings. The fourth-order valence-electron chi connectivity index (χ4n) is 3.03. The fraction of sp³-hybridized carbons (Fsp3) is 0.588. The minimum Gasteiger partial charge on any atom is -0.395 e. The number of hydrogen-bond acceptors (Lipinski definition) is 3. The molecular formula is C17H25NO2. The summed E-state index contributed by atoms with van der Waals surface area (Å²) in [5, 5.41) is 9.49. The van der Waals surface area contributed by atoms with Crippen molar-refractivity contribution in [1.29, 1.82) is 0 Å². The molecule has 2 rings (SSSR count). The van der Waals surface area contributed by atoms with Gasteiger partial charge in [0.2, 0.25) is 0 Å².